The molecule has 0 aliphatic carbocycles. The van der Waals surface area contributed by atoms with Gasteiger partial charge >= 0.3 is 0 Å². The normalized spacial score (nSPS) is 10.8. The molecule has 0 saturated carbocycles. The second-order valence-electron chi connectivity index (χ2n) is 4.83. The summed E-state index contributed by atoms with van der Waals surface area (Å²) in [6.07, 6.45) is 1.82. The monoisotopic (exact) mass is 306 g/mol. The average Bonchev–Trinajstić information content (AvgIpc) is 2.56. The molecule has 22 heavy (non-hydrogen) atoms. The molecule has 0 heterocycles. The van der Waals surface area contributed by atoms with Crippen molar-refractivity contribution < 1.29 is 0 Å². The molecule has 3 heteroatoms. The molecule has 0 aliphatic rings. The van der Waals surface area contributed by atoms with E-state index in [-0.39, 0.29) is 0 Å². The largest absolute Gasteiger partial charge is 0.279 e. The Bertz CT molecular complexity index is 782. The van der Waals surface area contributed by atoms with Crippen molar-refractivity contribution in [3.63, 3.8) is 0 Å². The first-order chi connectivity index (χ1) is 10.8. The van der Waals surface area contributed by atoms with E-state index in [2.05, 4.69) is 16.6 Å². The molecule has 0 saturated heterocycles. The van der Waals surface area contributed by atoms with Crippen molar-refractivity contribution in [1.82, 2.24) is 0 Å². The molecule has 0 atom stereocenters. The molecular weight excluding hydrogens is 292 g/mol. The van der Waals surface area contributed by atoms with Crippen LogP contribution in [0.15, 0.2) is 84.0 Å². The predicted molar refractivity (Wildman–Crippen MR) is 94.5 cm³/mol. The molecule has 0 aromatic heterocycles. The summed E-state index contributed by atoms with van der Waals surface area (Å²) in [6, 6.07) is 25.8. The van der Waals surface area contributed by atoms with Crippen LogP contribution in [0.25, 0.3) is 11.1 Å². The van der Waals surface area contributed by atoms with Gasteiger partial charge in [-0.15, -0.1) is 0 Å². The Kier molecular flexibility index (Phi) is 4.52. The van der Waals surface area contributed by atoms with E-state index in [4.69, 9.17) is 11.6 Å². The van der Waals surface area contributed by atoms with Crippen molar-refractivity contribution in [2.24, 2.45) is 5.10 Å². The fraction of sp³-hybridized carbons (Fsp3) is 0. The summed E-state index contributed by atoms with van der Waals surface area (Å²) in [5.41, 5.74) is 7.20. The highest BCUT2D eigenvalue weighted by Crippen LogP contribution is 2.25. The van der Waals surface area contributed by atoms with Crippen molar-refractivity contribution in [2.45, 2.75) is 0 Å². The van der Waals surface area contributed by atoms with Gasteiger partial charge in [-0.05, 0) is 35.4 Å². The Hall–Kier alpha value is -2.58. The standard InChI is InChI=1S/C19H15ClN2/c20-17-9-6-8-15(13-17)19-12-5-4-7-16(19)14-21-22-18-10-2-1-3-11-18/h1-14,22H. The third-order valence-electron chi connectivity index (χ3n) is 3.27. The third-order valence-corrected chi connectivity index (χ3v) is 3.50. The zero-order valence-electron chi connectivity index (χ0n) is 11.9. The second kappa shape index (κ2) is 6.92. The number of hydrogen-bond donors (Lipinski definition) is 1. The Labute approximate surface area is 135 Å². The Morgan fingerprint density at radius 3 is 2.41 bits per heavy atom. The molecule has 0 unspecified atom stereocenters. The van der Waals surface area contributed by atoms with Gasteiger partial charge in [0.2, 0.25) is 0 Å². The zero-order chi connectivity index (χ0) is 15.2. The molecule has 0 amide bonds. The molecule has 1 N–H and O–H groups in total. The summed E-state index contributed by atoms with van der Waals surface area (Å²) in [7, 11) is 0. The number of nitrogens with zero attached hydrogens (tertiary/aromatic N) is 1. The lowest BCUT2D eigenvalue weighted by molar-refractivity contribution is 1.35. The maximum Gasteiger partial charge on any atom is 0.0561 e. The zero-order valence-corrected chi connectivity index (χ0v) is 12.7. The number of halogens is 1. The van der Waals surface area contributed by atoms with E-state index in [0.717, 1.165) is 27.4 Å². The van der Waals surface area contributed by atoms with Gasteiger partial charge in [0.1, 0.15) is 0 Å². The topological polar surface area (TPSA) is 24.4 Å². The summed E-state index contributed by atoms with van der Waals surface area (Å²) in [5, 5.41) is 5.04. The van der Waals surface area contributed by atoms with Crippen LogP contribution in [0.3, 0.4) is 0 Å². The second-order valence-corrected chi connectivity index (χ2v) is 5.27. The lowest BCUT2D eigenvalue weighted by atomic mass is 10.0. The van der Waals surface area contributed by atoms with Gasteiger partial charge in [-0.2, -0.15) is 5.10 Å². The van der Waals surface area contributed by atoms with E-state index in [1.807, 2.05) is 79.0 Å². The van der Waals surface area contributed by atoms with Gasteiger partial charge in [0.05, 0.1) is 11.9 Å². The van der Waals surface area contributed by atoms with Crippen LogP contribution in [0.2, 0.25) is 5.02 Å². The maximum absolute atomic E-state index is 6.09. The summed E-state index contributed by atoms with van der Waals surface area (Å²) in [4.78, 5) is 0. The molecule has 0 bridgehead atoms. The minimum atomic E-state index is 0.728. The summed E-state index contributed by atoms with van der Waals surface area (Å²) in [5.74, 6) is 0. The third kappa shape index (κ3) is 3.54. The molecule has 2 nitrogen and oxygen atoms in total. The van der Waals surface area contributed by atoms with Crippen molar-refractivity contribution >= 4 is 23.5 Å². The molecule has 108 valence electrons. The molecule has 0 spiro atoms. The molecule has 3 rings (SSSR count). The van der Waals surface area contributed by atoms with Crippen LogP contribution in [0.1, 0.15) is 5.56 Å². The van der Waals surface area contributed by atoms with E-state index in [0.29, 0.717) is 0 Å². The van der Waals surface area contributed by atoms with Crippen LogP contribution in [-0.2, 0) is 0 Å². The van der Waals surface area contributed by atoms with Gasteiger partial charge in [-0.1, -0.05) is 66.2 Å². The number of para-hydroxylation sites is 1. The lowest BCUT2D eigenvalue weighted by Gasteiger charge is -2.06. The Morgan fingerprint density at radius 1 is 0.818 bits per heavy atom. The van der Waals surface area contributed by atoms with Crippen LogP contribution < -0.4 is 5.43 Å². The number of benzene rings is 3. The predicted octanol–water partition coefficient (Wildman–Crippen LogP) is 5.45. The van der Waals surface area contributed by atoms with Crippen LogP contribution in [-0.4, -0.2) is 6.21 Å². The summed E-state index contributed by atoms with van der Waals surface area (Å²) >= 11 is 6.09. The van der Waals surface area contributed by atoms with Gasteiger partial charge in [-0.3, -0.25) is 5.43 Å². The maximum atomic E-state index is 6.09. The summed E-state index contributed by atoms with van der Waals surface area (Å²) < 4.78 is 0. The smallest absolute Gasteiger partial charge is 0.0561 e. The first kappa shape index (κ1) is 14.4. The first-order valence-corrected chi connectivity index (χ1v) is 7.40. The average molecular weight is 307 g/mol. The molecule has 0 fully saturated rings. The number of anilines is 1. The number of hydrogen-bond acceptors (Lipinski definition) is 2. The van der Waals surface area contributed by atoms with Gasteiger partial charge in [0.25, 0.3) is 0 Å². The minimum absolute atomic E-state index is 0.728. The van der Waals surface area contributed by atoms with Crippen LogP contribution >= 0.6 is 11.6 Å². The number of rotatable bonds is 4. The first-order valence-electron chi connectivity index (χ1n) is 7.02. The van der Waals surface area contributed by atoms with Gasteiger partial charge in [0.15, 0.2) is 0 Å². The number of nitrogens with one attached hydrogen (secondary N) is 1. The van der Waals surface area contributed by atoms with E-state index < -0.39 is 0 Å². The Morgan fingerprint density at radius 2 is 1.59 bits per heavy atom. The van der Waals surface area contributed by atoms with Crippen molar-refractivity contribution in [3.8, 4) is 11.1 Å². The molecular formula is C19H15ClN2. The quantitative estimate of drug-likeness (QED) is 0.503. The number of hydrazone groups is 1. The lowest BCUT2D eigenvalue weighted by Crippen LogP contribution is -1.92. The highest BCUT2D eigenvalue weighted by molar-refractivity contribution is 6.30. The van der Waals surface area contributed by atoms with Gasteiger partial charge < -0.3 is 0 Å². The van der Waals surface area contributed by atoms with E-state index in [1.165, 1.54) is 0 Å². The molecule has 3 aromatic rings. The van der Waals surface area contributed by atoms with Crippen LogP contribution in [0, 0.1) is 0 Å². The molecule has 0 aliphatic heterocycles. The van der Waals surface area contributed by atoms with Gasteiger partial charge in [-0.25, -0.2) is 0 Å². The molecule has 0 radical (unpaired) electrons. The van der Waals surface area contributed by atoms with E-state index in [1.54, 1.807) is 0 Å². The van der Waals surface area contributed by atoms with E-state index >= 15 is 0 Å². The van der Waals surface area contributed by atoms with Crippen molar-refractivity contribution in [1.29, 1.82) is 0 Å². The van der Waals surface area contributed by atoms with Crippen molar-refractivity contribution in [2.75, 3.05) is 5.43 Å². The fourth-order valence-electron chi connectivity index (χ4n) is 2.22. The molecule has 3 aromatic carbocycles. The highest BCUT2D eigenvalue weighted by Gasteiger charge is 2.03. The Balaban J connectivity index is 1.85. The summed E-state index contributed by atoms with van der Waals surface area (Å²) in [6.45, 7) is 0. The van der Waals surface area contributed by atoms with Crippen LogP contribution in [0.5, 0.6) is 0 Å². The van der Waals surface area contributed by atoms with Crippen molar-refractivity contribution in [3.05, 3.63) is 89.4 Å². The minimum Gasteiger partial charge on any atom is -0.279 e. The SMILES string of the molecule is Clc1cccc(-c2ccccc2C=NNc2ccccc2)c1. The van der Waals surface area contributed by atoms with Crippen LogP contribution in [0.4, 0.5) is 5.69 Å². The van der Waals surface area contributed by atoms with E-state index in [9.17, 15) is 0 Å². The fourth-order valence-corrected chi connectivity index (χ4v) is 2.41. The van der Waals surface area contributed by atoms with Gasteiger partial charge in [0, 0.05) is 10.6 Å². The highest BCUT2D eigenvalue weighted by atomic mass is 35.5.